The Morgan fingerprint density at radius 3 is 3.21 bits per heavy atom. The molecule has 0 spiro atoms. The average Bonchev–Trinajstić information content (AvgIpc) is 2.72. The summed E-state index contributed by atoms with van der Waals surface area (Å²) < 4.78 is 0. The molecule has 14 heavy (non-hydrogen) atoms. The van der Waals surface area contributed by atoms with E-state index in [4.69, 9.17) is 0 Å². The molecular weight excluding hydrogens is 192 g/mol. The minimum absolute atomic E-state index is 0.500. The summed E-state index contributed by atoms with van der Waals surface area (Å²) in [6, 6.07) is 5.48. The summed E-state index contributed by atoms with van der Waals surface area (Å²) in [5, 5.41) is 9.24. The molecule has 1 fully saturated rings. The SMILES string of the molecule is C[C@H](NC1CCCNC1)c1cccs1. The smallest absolute Gasteiger partial charge is 0.0388 e. The topological polar surface area (TPSA) is 24.1 Å². The van der Waals surface area contributed by atoms with Crippen LogP contribution in [0.2, 0.25) is 0 Å². The number of hydrogen-bond donors (Lipinski definition) is 2. The summed E-state index contributed by atoms with van der Waals surface area (Å²) in [6.07, 6.45) is 2.61. The van der Waals surface area contributed by atoms with Gasteiger partial charge in [0.15, 0.2) is 0 Å². The second-order valence-electron chi connectivity index (χ2n) is 3.95. The third-order valence-electron chi connectivity index (χ3n) is 2.75. The van der Waals surface area contributed by atoms with Crippen LogP contribution >= 0.6 is 11.3 Å². The number of piperidine rings is 1. The van der Waals surface area contributed by atoms with E-state index in [2.05, 4.69) is 35.1 Å². The predicted molar refractivity (Wildman–Crippen MR) is 61.8 cm³/mol. The van der Waals surface area contributed by atoms with E-state index < -0.39 is 0 Å². The molecule has 2 heterocycles. The molecule has 2 N–H and O–H groups in total. The van der Waals surface area contributed by atoms with Crippen molar-refractivity contribution in [2.45, 2.75) is 31.8 Å². The molecule has 2 rings (SSSR count). The van der Waals surface area contributed by atoms with E-state index in [1.54, 1.807) is 0 Å². The minimum atomic E-state index is 0.500. The third-order valence-corrected chi connectivity index (χ3v) is 3.81. The Labute approximate surface area is 89.7 Å². The first kappa shape index (κ1) is 10.1. The van der Waals surface area contributed by atoms with Crippen molar-refractivity contribution in [2.75, 3.05) is 13.1 Å². The number of rotatable bonds is 3. The van der Waals surface area contributed by atoms with Crippen LogP contribution in [0.5, 0.6) is 0 Å². The quantitative estimate of drug-likeness (QED) is 0.799. The Balaban J connectivity index is 1.84. The lowest BCUT2D eigenvalue weighted by Crippen LogP contribution is -2.43. The molecule has 0 radical (unpaired) electrons. The van der Waals surface area contributed by atoms with Gasteiger partial charge in [0, 0.05) is 23.5 Å². The first-order chi connectivity index (χ1) is 6.86. The van der Waals surface area contributed by atoms with Crippen LogP contribution in [0.1, 0.15) is 30.7 Å². The fraction of sp³-hybridized carbons (Fsp3) is 0.636. The number of nitrogens with one attached hydrogen (secondary N) is 2. The van der Waals surface area contributed by atoms with Crippen LogP contribution in [0.25, 0.3) is 0 Å². The molecule has 0 bridgehead atoms. The van der Waals surface area contributed by atoms with Gasteiger partial charge < -0.3 is 10.6 Å². The van der Waals surface area contributed by atoms with E-state index in [1.807, 2.05) is 11.3 Å². The van der Waals surface area contributed by atoms with Gasteiger partial charge in [-0.25, -0.2) is 0 Å². The molecule has 1 saturated heterocycles. The summed E-state index contributed by atoms with van der Waals surface area (Å²) >= 11 is 1.84. The Kier molecular flexibility index (Phi) is 3.56. The highest BCUT2D eigenvalue weighted by Gasteiger charge is 2.15. The van der Waals surface area contributed by atoms with Crippen LogP contribution < -0.4 is 10.6 Å². The summed E-state index contributed by atoms with van der Waals surface area (Å²) in [5.41, 5.74) is 0. The molecule has 3 heteroatoms. The van der Waals surface area contributed by atoms with Gasteiger partial charge in [-0.1, -0.05) is 6.07 Å². The number of hydrogen-bond acceptors (Lipinski definition) is 3. The van der Waals surface area contributed by atoms with Crippen LogP contribution in [0.3, 0.4) is 0 Å². The summed E-state index contributed by atoms with van der Waals surface area (Å²) in [7, 11) is 0. The predicted octanol–water partition coefficient (Wildman–Crippen LogP) is 2.15. The molecule has 2 nitrogen and oxygen atoms in total. The molecule has 1 unspecified atom stereocenters. The Hall–Kier alpha value is -0.380. The second-order valence-corrected chi connectivity index (χ2v) is 4.93. The monoisotopic (exact) mass is 210 g/mol. The standard InChI is InChI=1S/C11H18N2S/c1-9(11-5-3-7-14-11)13-10-4-2-6-12-8-10/h3,5,7,9-10,12-13H,2,4,6,8H2,1H3/t9-,10?/m0/s1. The van der Waals surface area contributed by atoms with Gasteiger partial charge in [-0.3, -0.25) is 0 Å². The van der Waals surface area contributed by atoms with Gasteiger partial charge in [0.25, 0.3) is 0 Å². The molecule has 1 aromatic rings. The Morgan fingerprint density at radius 1 is 1.64 bits per heavy atom. The van der Waals surface area contributed by atoms with E-state index in [0.717, 1.165) is 6.54 Å². The van der Waals surface area contributed by atoms with Gasteiger partial charge in [0.2, 0.25) is 0 Å². The lowest BCUT2D eigenvalue weighted by Gasteiger charge is -2.26. The second kappa shape index (κ2) is 4.91. The van der Waals surface area contributed by atoms with Crippen LogP contribution in [0.4, 0.5) is 0 Å². The summed E-state index contributed by atoms with van der Waals surface area (Å²) in [4.78, 5) is 1.44. The molecular formula is C11H18N2S. The van der Waals surface area contributed by atoms with Crippen molar-refractivity contribution in [3.05, 3.63) is 22.4 Å². The van der Waals surface area contributed by atoms with Crippen molar-refractivity contribution in [3.8, 4) is 0 Å². The summed E-state index contributed by atoms with van der Waals surface area (Å²) in [5.74, 6) is 0. The zero-order chi connectivity index (χ0) is 9.80. The maximum Gasteiger partial charge on any atom is 0.0388 e. The van der Waals surface area contributed by atoms with Crippen LogP contribution in [0, 0.1) is 0 Å². The highest BCUT2D eigenvalue weighted by atomic mass is 32.1. The van der Waals surface area contributed by atoms with E-state index >= 15 is 0 Å². The lowest BCUT2D eigenvalue weighted by atomic mass is 10.1. The molecule has 1 aliphatic rings. The van der Waals surface area contributed by atoms with Crippen LogP contribution in [-0.2, 0) is 0 Å². The lowest BCUT2D eigenvalue weighted by molar-refractivity contribution is 0.364. The zero-order valence-electron chi connectivity index (χ0n) is 8.62. The van der Waals surface area contributed by atoms with E-state index in [1.165, 1.54) is 24.3 Å². The Bertz CT molecular complexity index is 252. The molecule has 0 aliphatic carbocycles. The van der Waals surface area contributed by atoms with Crippen molar-refractivity contribution in [2.24, 2.45) is 0 Å². The Morgan fingerprint density at radius 2 is 2.57 bits per heavy atom. The molecule has 0 aromatic carbocycles. The van der Waals surface area contributed by atoms with Gasteiger partial charge >= 0.3 is 0 Å². The van der Waals surface area contributed by atoms with Gasteiger partial charge in [-0.15, -0.1) is 11.3 Å². The van der Waals surface area contributed by atoms with Gasteiger partial charge in [0.05, 0.1) is 0 Å². The van der Waals surface area contributed by atoms with Crippen molar-refractivity contribution in [1.82, 2.24) is 10.6 Å². The fourth-order valence-electron chi connectivity index (χ4n) is 1.97. The largest absolute Gasteiger partial charge is 0.315 e. The molecule has 0 saturated carbocycles. The van der Waals surface area contributed by atoms with Crippen molar-refractivity contribution >= 4 is 11.3 Å². The maximum absolute atomic E-state index is 3.67. The highest BCUT2D eigenvalue weighted by molar-refractivity contribution is 7.10. The van der Waals surface area contributed by atoms with Crippen molar-refractivity contribution in [3.63, 3.8) is 0 Å². The third kappa shape index (κ3) is 2.56. The van der Waals surface area contributed by atoms with Gasteiger partial charge in [0.1, 0.15) is 0 Å². The van der Waals surface area contributed by atoms with E-state index in [0.29, 0.717) is 12.1 Å². The van der Waals surface area contributed by atoms with Crippen molar-refractivity contribution < 1.29 is 0 Å². The minimum Gasteiger partial charge on any atom is -0.315 e. The van der Waals surface area contributed by atoms with E-state index in [9.17, 15) is 0 Å². The zero-order valence-corrected chi connectivity index (χ0v) is 9.44. The summed E-state index contributed by atoms with van der Waals surface area (Å²) in [6.45, 7) is 4.56. The van der Waals surface area contributed by atoms with Gasteiger partial charge in [-0.2, -0.15) is 0 Å². The first-order valence-electron chi connectivity index (χ1n) is 5.36. The molecule has 78 valence electrons. The van der Waals surface area contributed by atoms with Crippen LogP contribution in [0.15, 0.2) is 17.5 Å². The fourth-order valence-corrected chi connectivity index (χ4v) is 2.71. The maximum atomic E-state index is 3.67. The van der Waals surface area contributed by atoms with Crippen molar-refractivity contribution in [1.29, 1.82) is 0 Å². The molecule has 1 aromatic heterocycles. The molecule has 0 amide bonds. The average molecular weight is 210 g/mol. The van der Waals surface area contributed by atoms with Crippen LogP contribution in [-0.4, -0.2) is 19.1 Å². The van der Waals surface area contributed by atoms with Gasteiger partial charge in [-0.05, 0) is 37.8 Å². The highest BCUT2D eigenvalue weighted by Crippen LogP contribution is 2.19. The molecule has 2 atom stereocenters. The normalized spacial score (nSPS) is 24.8. The molecule has 1 aliphatic heterocycles. The number of thiophene rings is 1. The first-order valence-corrected chi connectivity index (χ1v) is 6.24. The van der Waals surface area contributed by atoms with E-state index in [-0.39, 0.29) is 0 Å².